The van der Waals surface area contributed by atoms with E-state index in [9.17, 15) is 14.4 Å². The van der Waals surface area contributed by atoms with E-state index in [0.717, 1.165) is 22.0 Å². The molecular weight excluding hydrogens is 306 g/mol. The number of hydrogen-bond acceptors (Lipinski definition) is 3. The summed E-state index contributed by atoms with van der Waals surface area (Å²) in [6.07, 6.45) is 0.256. The Morgan fingerprint density at radius 1 is 1.12 bits per heavy atom. The van der Waals surface area contributed by atoms with Gasteiger partial charge in [0, 0.05) is 31.1 Å². The van der Waals surface area contributed by atoms with Gasteiger partial charge in [-0.3, -0.25) is 14.4 Å². The lowest BCUT2D eigenvalue weighted by Gasteiger charge is -2.09. The number of carbonyl (C=O) groups is 2. The summed E-state index contributed by atoms with van der Waals surface area (Å²) in [6, 6.07) is 7.46. The number of aromatic nitrogens is 1. The molecule has 6 nitrogen and oxygen atoms in total. The second-order valence-corrected chi connectivity index (χ2v) is 6.14. The average molecular weight is 329 g/mol. The van der Waals surface area contributed by atoms with Gasteiger partial charge in [0.2, 0.25) is 11.8 Å². The predicted molar refractivity (Wildman–Crippen MR) is 94.1 cm³/mol. The van der Waals surface area contributed by atoms with E-state index in [4.69, 9.17) is 0 Å². The van der Waals surface area contributed by atoms with Gasteiger partial charge >= 0.3 is 0 Å². The lowest BCUT2D eigenvalue weighted by Crippen LogP contribution is -2.34. The van der Waals surface area contributed by atoms with Crippen LogP contribution in [-0.2, 0) is 16.0 Å². The Bertz CT molecular complexity index is 809. The summed E-state index contributed by atoms with van der Waals surface area (Å²) < 4.78 is 0. The monoisotopic (exact) mass is 329 g/mol. The van der Waals surface area contributed by atoms with E-state index in [-0.39, 0.29) is 29.7 Å². The van der Waals surface area contributed by atoms with Gasteiger partial charge in [-0.25, -0.2) is 0 Å². The zero-order valence-corrected chi connectivity index (χ0v) is 14.2. The van der Waals surface area contributed by atoms with Crippen molar-refractivity contribution in [3.05, 3.63) is 45.7 Å². The molecule has 2 rings (SSSR count). The Hall–Kier alpha value is -2.63. The molecule has 0 fully saturated rings. The number of fused-ring (bicyclic) bond motifs is 1. The summed E-state index contributed by atoms with van der Waals surface area (Å²) in [5.41, 5.74) is 2.31. The van der Waals surface area contributed by atoms with Crippen LogP contribution >= 0.6 is 0 Å². The number of carbonyl (C=O) groups excluding carboxylic acids is 2. The van der Waals surface area contributed by atoms with Crippen LogP contribution in [-0.4, -0.2) is 29.9 Å². The Labute approximate surface area is 140 Å². The third-order valence-electron chi connectivity index (χ3n) is 3.75. The Balaban J connectivity index is 2.07. The van der Waals surface area contributed by atoms with Crippen molar-refractivity contribution in [2.24, 2.45) is 0 Å². The first-order valence-electron chi connectivity index (χ1n) is 8.04. The summed E-state index contributed by atoms with van der Waals surface area (Å²) in [6.45, 7) is 6.20. The minimum Gasteiger partial charge on any atom is -0.355 e. The topological polar surface area (TPSA) is 91.1 Å². The van der Waals surface area contributed by atoms with Crippen LogP contribution in [0, 0.1) is 0 Å². The highest BCUT2D eigenvalue weighted by Gasteiger charge is 2.08. The molecular formula is C18H23N3O3. The van der Waals surface area contributed by atoms with Crippen molar-refractivity contribution in [1.29, 1.82) is 0 Å². The van der Waals surface area contributed by atoms with E-state index in [0.29, 0.717) is 13.1 Å². The maximum Gasteiger partial charge on any atom is 0.251 e. The molecule has 1 heterocycles. The van der Waals surface area contributed by atoms with E-state index in [1.54, 1.807) is 0 Å². The standard InChI is InChI=1S/C18H23N3O3/c1-11(2)15-10-14-8-13(4-5-16(14)21-18(15)24)9-17(23)20-7-6-19-12(3)22/h4-5,8,10-11H,6-7,9H2,1-3H3,(H,19,22)(H,20,23)(H,21,24). The molecule has 0 spiro atoms. The highest BCUT2D eigenvalue weighted by Crippen LogP contribution is 2.18. The van der Waals surface area contributed by atoms with Crippen molar-refractivity contribution in [2.45, 2.75) is 33.1 Å². The van der Waals surface area contributed by atoms with Gasteiger partial charge in [-0.15, -0.1) is 0 Å². The van der Waals surface area contributed by atoms with Crippen molar-refractivity contribution in [3.8, 4) is 0 Å². The first-order chi connectivity index (χ1) is 11.4. The van der Waals surface area contributed by atoms with Gasteiger partial charge in [-0.1, -0.05) is 19.9 Å². The minimum absolute atomic E-state index is 0.0686. The first kappa shape index (κ1) is 17.7. The SMILES string of the molecule is CC(=O)NCCNC(=O)Cc1ccc2[nH]c(=O)c(C(C)C)cc2c1. The molecule has 2 aromatic rings. The molecule has 0 aliphatic heterocycles. The molecule has 0 aliphatic carbocycles. The number of nitrogens with one attached hydrogen (secondary N) is 3. The molecule has 6 heteroatoms. The first-order valence-corrected chi connectivity index (χ1v) is 8.04. The number of hydrogen-bond donors (Lipinski definition) is 3. The van der Waals surface area contributed by atoms with Crippen molar-refractivity contribution in [2.75, 3.05) is 13.1 Å². The third kappa shape index (κ3) is 4.68. The van der Waals surface area contributed by atoms with Gasteiger partial charge in [-0.2, -0.15) is 0 Å². The molecule has 0 saturated carbocycles. The van der Waals surface area contributed by atoms with Gasteiger partial charge < -0.3 is 15.6 Å². The number of aromatic amines is 1. The fourth-order valence-corrected chi connectivity index (χ4v) is 2.50. The van der Waals surface area contributed by atoms with Crippen LogP contribution in [0.5, 0.6) is 0 Å². The smallest absolute Gasteiger partial charge is 0.251 e. The fourth-order valence-electron chi connectivity index (χ4n) is 2.50. The van der Waals surface area contributed by atoms with Crippen molar-refractivity contribution in [1.82, 2.24) is 15.6 Å². The van der Waals surface area contributed by atoms with Crippen molar-refractivity contribution in [3.63, 3.8) is 0 Å². The summed E-state index contributed by atoms with van der Waals surface area (Å²) in [7, 11) is 0. The maximum atomic E-state index is 12.0. The van der Waals surface area contributed by atoms with Crippen LogP contribution in [0.3, 0.4) is 0 Å². The second kappa shape index (κ2) is 7.77. The van der Waals surface area contributed by atoms with Crippen LogP contribution in [0.2, 0.25) is 0 Å². The zero-order chi connectivity index (χ0) is 17.7. The average Bonchev–Trinajstić information content (AvgIpc) is 2.50. The van der Waals surface area contributed by atoms with Gasteiger partial charge in [0.15, 0.2) is 0 Å². The number of rotatable bonds is 6. The maximum absolute atomic E-state index is 12.0. The van der Waals surface area contributed by atoms with Crippen molar-refractivity contribution >= 4 is 22.7 Å². The largest absolute Gasteiger partial charge is 0.355 e. The molecule has 2 amide bonds. The van der Waals surface area contributed by atoms with E-state index < -0.39 is 0 Å². The molecule has 128 valence electrons. The second-order valence-electron chi connectivity index (χ2n) is 6.14. The molecule has 3 N–H and O–H groups in total. The molecule has 0 radical (unpaired) electrons. The van der Waals surface area contributed by atoms with E-state index >= 15 is 0 Å². The molecule has 24 heavy (non-hydrogen) atoms. The van der Waals surface area contributed by atoms with Crippen LogP contribution in [0.15, 0.2) is 29.1 Å². The number of amides is 2. The minimum atomic E-state index is -0.117. The highest BCUT2D eigenvalue weighted by atomic mass is 16.2. The van der Waals surface area contributed by atoms with Crippen LogP contribution in [0.25, 0.3) is 10.9 Å². The highest BCUT2D eigenvalue weighted by molar-refractivity contribution is 5.83. The van der Waals surface area contributed by atoms with E-state index in [1.807, 2.05) is 38.1 Å². The molecule has 0 saturated heterocycles. The fraction of sp³-hybridized carbons (Fsp3) is 0.389. The molecule has 0 aliphatic rings. The number of pyridine rings is 1. The molecule has 0 atom stereocenters. The normalized spacial score (nSPS) is 10.8. The van der Waals surface area contributed by atoms with E-state index in [2.05, 4.69) is 15.6 Å². The number of H-pyrrole nitrogens is 1. The lowest BCUT2D eigenvalue weighted by atomic mass is 10.0. The summed E-state index contributed by atoms with van der Waals surface area (Å²) in [5.74, 6) is -0.0826. The van der Waals surface area contributed by atoms with E-state index in [1.165, 1.54) is 6.92 Å². The zero-order valence-electron chi connectivity index (χ0n) is 14.2. The van der Waals surface area contributed by atoms with Gasteiger partial charge in [0.1, 0.15) is 0 Å². The quantitative estimate of drug-likeness (QED) is 0.701. The third-order valence-corrected chi connectivity index (χ3v) is 3.75. The predicted octanol–water partition coefficient (Wildman–Crippen LogP) is 1.45. The molecule has 1 aromatic heterocycles. The molecule has 0 bridgehead atoms. The van der Waals surface area contributed by atoms with Gasteiger partial charge in [0.25, 0.3) is 5.56 Å². The van der Waals surface area contributed by atoms with Gasteiger partial charge in [-0.05, 0) is 35.1 Å². The van der Waals surface area contributed by atoms with Crippen LogP contribution in [0.4, 0.5) is 0 Å². The molecule has 0 unspecified atom stereocenters. The van der Waals surface area contributed by atoms with Gasteiger partial charge in [0.05, 0.1) is 6.42 Å². The van der Waals surface area contributed by atoms with Crippen LogP contribution in [0.1, 0.15) is 37.8 Å². The number of benzene rings is 1. The summed E-state index contributed by atoms with van der Waals surface area (Å²) in [5, 5.41) is 6.30. The molecule has 1 aromatic carbocycles. The van der Waals surface area contributed by atoms with Crippen molar-refractivity contribution < 1.29 is 9.59 Å². The Morgan fingerprint density at radius 2 is 1.83 bits per heavy atom. The van der Waals surface area contributed by atoms with Crippen LogP contribution < -0.4 is 16.2 Å². The lowest BCUT2D eigenvalue weighted by molar-refractivity contribution is -0.121. The Kier molecular flexibility index (Phi) is 5.73. The summed E-state index contributed by atoms with van der Waals surface area (Å²) >= 11 is 0. The Morgan fingerprint density at radius 3 is 2.50 bits per heavy atom. The summed E-state index contributed by atoms with van der Waals surface area (Å²) in [4.78, 5) is 37.6.